The molecule has 2 rings (SSSR count). The minimum Gasteiger partial charge on any atom is -0.354 e. The average molecular weight is 180 g/mol. The molecule has 5 heteroatoms. The average Bonchev–Trinajstić information content (AvgIpc) is 2.67. The van der Waals surface area contributed by atoms with E-state index in [4.69, 9.17) is 0 Å². The molecule has 0 unspecified atom stereocenters. The molecule has 2 heterocycles. The zero-order valence-corrected chi connectivity index (χ0v) is 7.29. The molecule has 1 saturated heterocycles. The minimum atomic E-state index is 0.641. The number of hydrogen-bond acceptors (Lipinski definition) is 4. The van der Waals surface area contributed by atoms with E-state index in [1.165, 1.54) is 0 Å². The first-order valence-corrected chi connectivity index (χ1v) is 4.36. The van der Waals surface area contributed by atoms with Crippen LogP contribution in [0, 0.1) is 0 Å². The summed E-state index contributed by atoms with van der Waals surface area (Å²) in [6.07, 6.45) is 2.39. The fraction of sp³-hybridized carbons (Fsp3) is 0.500. The van der Waals surface area contributed by atoms with E-state index in [1.54, 1.807) is 6.20 Å². The van der Waals surface area contributed by atoms with Crippen molar-refractivity contribution < 1.29 is 4.79 Å². The predicted octanol–water partition coefficient (Wildman–Crippen LogP) is -0.368. The lowest BCUT2D eigenvalue weighted by Crippen LogP contribution is -2.44. The number of aromatic amines is 1. The number of carbonyl (C=O) groups is 1. The molecule has 1 aliphatic heterocycles. The van der Waals surface area contributed by atoms with Gasteiger partial charge in [-0.05, 0) is 0 Å². The van der Waals surface area contributed by atoms with Crippen LogP contribution in [0.3, 0.4) is 0 Å². The second kappa shape index (κ2) is 3.57. The maximum absolute atomic E-state index is 10.6. The highest BCUT2D eigenvalue weighted by Crippen LogP contribution is 2.14. The van der Waals surface area contributed by atoms with E-state index in [2.05, 4.69) is 20.4 Å². The Morgan fingerprint density at radius 2 is 2.23 bits per heavy atom. The van der Waals surface area contributed by atoms with Crippen LogP contribution in [0.2, 0.25) is 0 Å². The van der Waals surface area contributed by atoms with Gasteiger partial charge in [-0.25, -0.2) is 0 Å². The largest absolute Gasteiger partial charge is 0.354 e. The molecule has 1 aromatic heterocycles. The second-order valence-corrected chi connectivity index (χ2v) is 3.03. The van der Waals surface area contributed by atoms with Crippen LogP contribution in [-0.2, 0) is 0 Å². The number of piperazine rings is 1. The molecule has 0 bridgehead atoms. The molecule has 0 aliphatic carbocycles. The third kappa shape index (κ3) is 1.55. The number of nitrogens with zero attached hydrogens (tertiary/aromatic N) is 2. The molecule has 13 heavy (non-hydrogen) atoms. The van der Waals surface area contributed by atoms with E-state index in [9.17, 15) is 4.79 Å². The van der Waals surface area contributed by atoms with Crippen molar-refractivity contribution in [3.8, 4) is 0 Å². The van der Waals surface area contributed by atoms with Crippen LogP contribution in [-0.4, -0.2) is 42.7 Å². The predicted molar refractivity (Wildman–Crippen MR) is 49.1 cm³/mol. The molecule has 5 nitrogen and oxygen atoms in total. The van der Waals surface area contributed by atoms with Gasteiger partial charge in [0.25, 0.3) is 0 Å². The van der Waals surface area contributed by atoms with Gasteiger partial charge in [0, 0.05) is 26.2 Å². The first-order valence-electron chi connectivity index (χ1n) is 4.36. The topological polar surface area (TPSA) is 61.0 Å². The number of H-pyrrole nitrogens is 1. The van der Waals surface area contributed by atoms with Gasteiger partial charge >= 0.3 is 0 Å². The summed E-state index contributed by atoms with van der Waals surface area (Å²) in [5.41, 5.74) is 0.641. The zero-order chi connectivity index (χ0) is 9.10. The molecule has 1 aliphatic rings. The van der Waals surface area contributed by atoms with E-state index < -0.39 is 0 Å². The molecule has 0 atom stereocenters. The highest BCUT2D eigenvalue weighted by atomic mass is 16.1. The quantitative estimate of drug-likeness (QED) is 0.610. The van der Waals surface area contributed by atoms with Crippen LogP contribution in [0.25, 0.3) is 0 Å². The van der Waals surface area contributed by atoms with Gasteiger partial charge < -0.3 is 10.2 Å². The molecule has 0 aromatic carbocycles. The van der Waals surface area contributed by atoms with Crippen molar-refractivity contribution in [2.45, 2.75) is 0 Å². The van der Waals surface area contributed by atoms with Gasteiger partial charge in [0.1, 0.15) is 5.82 Å². The monoisotopic (exact) mass is 180 g/mol. The lowest BCUT2D eigenvalue weighted by Gasteiger charge is -2.28. The van der Waals surface area contributed by atoms with Crippen molar-refractivity contribution in [3.05, 3.63) is 11.8 Å². The maximum atomic E-state index is 10.6. The van der Waals surface area contributed by atoms with Crippen molar-refractivity contribution in [2.75, 3.05) is 31.1 Å². The van der Waals surface area contributed by atoms with Gasteiger partial charge in [0.15, 0.2) is 6.29 Å². The number of carbonyl (C=O) groups excluding carboxylic acids is 1. The lowest BCUT2D eigenvalue weighted by atomic mass is 10.3. The minimum absolute atomic E-state index is 0.641. The number of aromatic nitrogens is 2. The molecule has 0 amide bonds. The number of anilines is 1. The van der Waals surface area contributed by atoms with Crippen molar-refractivity contribution in [3.63, 3.8) is 0 Å². The molecule has 0 spiro atoms. The van der Waals surface area contributed by atoms with Gasteiger partial charge in [-0.3, -0.25) is 9.89 Å². The molecule has 0 radical (unpaired) electrons. The number of nitrogens with one attached hydrogen (secondary N) is 2. The normalized spacial score (nSPS) is 17.4. The van der Waals surface area contributed by atoms with E-state index in [0.29, 0.717) is 5.56 Å². The first kappa shape index (κ1) is 8.25. The van der Waals surface area contributed by atoms with Crippen LogP contribution < -0.4 is 10.2 Å². The highest BCUT2D eigenvalue weighted by molar-refractivity contribution is 5.82. The molecule has 2 N–H and O–H groups in total. The highest BCUT2D eigenvalue weighted by Gasteiger charge is 2.14. The lowest BCUT2D eigenvalue weighted by molar-refractivity contribution is 0.112. The zero-order valence-electron chi connectivity index (χ0n) is 7.29. The molecule has 1 aromatic rings. The summed E-state index contributed by atoms with van der Waals surface area (Å²) in [5.74, 6) is 0.844. The maximum Gasteiger partial charge on any atom is 0.155 e. The van der Waals surface area contributed by atoms with Gasteiger partial charge in [-0.15, -0.1) is 0 Å². The smallest absolute Gasteiger partial charge is 0.155 e. The molecule has 0 saturated carbocycles. The van der Waals surface area contributed by atoms with Crippen molar-refractivity contribution in [1.29, 1.82) is 0 Å². The SMILES string of the molecule is O=Cc1cn[nH]c1N1CCNCC1. The van der Waals surface area contributed by atoms with E-state index in [1.807, 2.05) is 0 Å². The van der Waals surface area contributed by atoms with Crippen LogP contribution in [0.1, 0.15) is 10.4 Å². The van der Waals surface area contributed by atoms with Crippen LogP contribution in [0.4, 0.5) is 5.82 Å². The fourth-order valence-corrected chi connectivity index (χ4v) is 1.52. The molecular weight excluding hydrogens is 168 g/mol. The van der Waals surface area contributed by atoms with Gasteiger partial charge in [0.2, 0.25) is 0 Å². The number of rotatable bonds is 2. The summed E-state index contributed by atoms with van der Waals surface area (Å²) in [7, 11) is 0. The molecular formula is C8H12N4O. The Bertz CT molecular complexity index is 290. The van der Waals surface area contributed by atoms with Crippen LogP contribution in [0.5, 0.6) is 0 Å². The molecule has 70 valence electrons. The van der Waals surface area contributed by atoms with Crippen molar-refractivity contribution >= 4 is 12.1 Å². The van der Waals surface area contributed by atoms with Gasteiger partial charge in [0.05, 0.1) is 11.8 Å². The fourth-order valence-electron chi connectivity index (χ4n) is 1.52. The molecule has 1 fully saturated rings. The standard InChI is InChI=1S/C8H12N4O/c13-6-7-5-10-11-8(7)12-3-1-9-2-4-12/h5-6,9H,1-4H2,(H,10,11). The first-order chi connectivity index (χ1) is 6.42. The van der Waals surface area contributed by atoms with Crippen LogP contribution in [0.15, 0.2) is 6.20 Å². The number of aldehydes is 1. The Morgan fingerprint density at radius 3 is 2.92 bits per heavy atom. The summed E-state index contributed by atoms with van der Waals surface area (Å²) < 4.78 is 0. The van der Waals surface area contributed by atoms with E-state index in [0.717, 1.165) is 38.3 Å². The Kier molecular flexibility index (Phi) is 2.27. The van der Waals surface area contributed by atoms with E-state index in [-0.39, 0.29) is 0 Å². The van der Waals surface area contributed by atoms with Gasteiger partial charge in [-0.2, -0.15) is 5.10 Å². The third-order valence-corrected chi connectivity index (χ3v) is 2.21. The second-order valence-electron chi connectivity index (χ2n) is 3.03. The number of hydrogen-bond donors (Lipinski definition) is 2. The summed E-state index contributed by atoms with van der Waals surface area (Å²) >= 11 is 0. The summed E-state index contributed by atoms with van der Waals surface area (Å²) in [6.45, 7) is 3.75. The Labute approximate surface area is 76.1 Å². The Hall–Kier alpha value is -1.36. The van der Waals surface area contributed by atoms with Crippen LogP contribution >= 0.6 is 0 Å². The van der Waals surface area contributed by atoms with Gasteiger partial charge in [-0.1, -0.05) is 0 Å². The van der Waals surface area contributed by atoms with Crippen molar-refractivity contribution in [1.82, 2.24) is 15.5 Å². The van der Waals surface area contributed by atoms with E-state index >= 15 is 0 Å². The Morgan fingerprint density at radius 1 is 1.46 bits per heavy atom. The Balaban J connectivity index is 2.17. The summed E-state index contributed by atoms with van der Waals surface area (Å²) in [4.78, 5) is 12.8. The summed E-state index contributed by atoms with van der Waals surface area (Å²) in [6, 6.07) is 0. The third-order valence-electron chi connectivity index (χ3n) is 2.21. The summed E-state index contributed by atoms with van der Waals surface area (Å²) in [5, 5.41) is 9.94. The van der Waals surface area contributed by atoms with Crippen molar-refractivity contribution in [2.24, 2.45) is 0 Å².